The van der Waals surface area contributed by atoms with Gasteiger partial charge in [0.1, 0.15) is 0 Å². The lowest BCUT2D eigenvalue weighted by atomic mass is 10.0. The molecule has 0 bridgehead atoms. The van der Waals surface area contributed by atoms with E-state index < -0.39 is 0 Å². The van der Waals surface area contributed by atoms with Gasteiger partial charge < -0.3 is 15.5 Å². The van der Waals surface area contributed by atoms with Crippen LogP contribution < -0.4 is 5.73 Å². The number of carbonyl (C=O) groups is 2. The molecule has 2 aromatic rings. The first-order valence-electron chi connectivity index (χ1n) is 9.01. The maximum Gasteiger partial charge on any atom is 0.223 e. The normalized spacial score (nSPS) is 15.6. The van der Waals surface area contributed by atoms with Crippen molar-refractivity contribution < 1.29 is 9.59 Å². The molecule has 2 heterocycles. The Morgan fingerprint density at radius 1 is 1.26 bits per heavy atom. The number of carbonyl (C=O) groups excluding carboxylic acids is 2. The van der Waals surface area contributed by atoms with Gasteiger partial charge >= 0.3 is 0 Å². The van der Waals surface area contributed by atoms with Crippen molar-refractivity contribution in [2.24, 2.45) is 0 Å². The number of benzene rings is 1. The molecular weight excluding hydrogens is 342 g/mol. The maximum absolute atomic E-state index is 12.7. The number of amides is 2. The fraction of sp³-hybridized carbons (Fsp3) is 0.400. The predicted octanol–water partition coefficient (Wildman–Crippen LogP) is 2.31. The summed E-state index contributed by atoms with van der Waals surface area (Å²) in [4.78, 5) is 36.6. The molecule has 27 heavy (non-hydrogen) atoms. The van der Waals surface area contributed by atoms with Crippen LogP contribution in [0.4, 0.5) is 5.95 Å². The first kappa shape index (κ1) is 18.8. The average Bonchev–Trinajstić information content (AvgIpc) is 2.95. The van der Waals surface area contributed by atoms with Crippen molar-refractivity contribution in [1.82, 2.24) is 19.8 Å². The van der Waals surface area contributed by atoms with Crippen LogP contribution in [0.1, 0.15) is 42.6 Å². The van der Waals surface area contributed by atoms with Crippen molar-refractivity contribution in [3.63, 3.8) is 0 Å². The highest BCUT2D eigenvalue weighted by molar-refractivity contribution is 5.84. The number of aromatic nitrogens is 2. The maximum atomic E-state index is 12.7. The van der Waals surface area contributed by atoms with Gasteiger partial charge in [0.15, 0.2) is 0 Å². The Kier molecular flexibility index (Phi) is 5.12. The number of anilines is 1. The molecule has 0 spiro atoms. The number of aryl methyl sites for hydroxylation is 1. The average molecular weight is 367 g/mol. The first-order chi connectivity index (χ1) is 12.8. The molecule has 1 aliphatic rings. The minimum Gasteiger partial charge on any atom is -0.368 e. The molecule has 3 rings (SSSR count). The zero-order chi connectivity index (χ0) is 19.7. The highest BCUT2D eigenvalue weighted by atomic mass is 16.2. The van der Waals surface area contributed by atoms with Gasteiger partial charge in [-0.2, -0.15) is 0 Å². The number of nitrogens with zero attached hydrogens (tertiary/aromatic N) is 4. The standard InChI is InChI=1S/C20H25N5O2/c1-12-6-5-7-14(10-12)19-15-11-25(13(2)18(15)22-20(21)23-19)17(27)9-8-16(26)24(3)4/h5-7,10,13H,8-9,11H2,1-4H3,(H2,21,22,23)/t13-/m0/s1. The van der Waals surface area contributed by atoms with Crippen LogP contribution in [-0.2, 0) is 16.1 Å². The largest absolute Gasteiger partial charge is 0.368 e. The van der Waals surface area contributed by atoms with E-state index in [9.17, 15) is 9.59 Å². The Balaban J connectivity index is 1.88. The van der Waals surface area contributed by atoms with Crippen LogP contribution in [-0.4, -0.2) is 45.7 Å². The molecule has 0 fully saturated rings. The van der Waals surface area contributed by atoms with Crippen LogP contribution >= 0.6 is 0 Å². The summed E-state index contributed by atoms with van der Waals surface area (Å²) in [6, 6.07) is 7.83. The highest BCUT2D eigenvalue weighted by Crippen LogP contribution is 2.38. The Morgan fingerprint density at radius 3 is 2.67 bits per heavy atom. The molecule has 1 atom stereocenters. The number of hydrogen-bond acceptors (Lipinski definition) is 5. The summed E-state index contributed by atoms with van der Waals surface area (Å²) < 4.78 is 0. The Morgan fingerprint density at radius 2 is 2.00 bits per heavy atom. The molecule has 1 aromatic carbocycles. The molecule has 7 nitrogen and oxygen atoms in total. The van der Waals surface area contributed by atoms with Crippen molar-refractivity contribution >= 4 is 17.8 Å². The van der Waals surface area contributed by atoms with Gasteiger partial charge in [-0.15, -0.1) is 0 Å². The van der Waals surface area contributed by atoms with Crippen LogP contribution in [0.25, 0.3) is 11.3 Å². The highest BCUT2D eigenvalue weighted by Gasteiger charge is 2.34. The van der Waals surface area contributed by atoms with Crippen molar-refractivity contribution in [2.75, 3.05) is 19.8 Å². The van der Waals surface area contributed by atoms with Gasteiger partial charge in [-0.1, -0.05) is 23.8 Å². The van der Waals surface area contributed by atoms with E-state index in [1.807, 2.05) is 38.1 Å². The molecule has 2 amide bonds. The summed E-state index contributed by atoms with van der Waals surface area (Å²) in [5.41, 5.74) is 10.5. The smallest absolute Gasteiger partial charge is 0.223 e. The molecule has 0 saturated heterocycles. The number of fused-ring (bicyclic) bond motifs is 1. The molecule has 142 valence electrons. The monoisotopic (exact) mass is 367 g/mol. The summed E-state index contributed by atoms with van der Waals surface area (Å²) in [5, 5.41) is 0. The van der Waals surface area contributed by atoms with E-state index >= 15 is 0 Å². The third-order valence-corrected chi connectivity index (χ3v) is 4.91. The van der Waals surface area contributed by atoms with Crippen LogP contribution in [0.15, 0.2) is 24.3 Å². The molecule has 7 heteroatoms. The zero-order valence-electron chi connectivity index (χ0n) is 16.2. The Hall–Kier alpha value is -2.96. The second kappa shape index (κ2) is 7.34. The molecule has 1 aromatic heterocycles. The molecular formula is C20H25N5O2. The summed E-state index contributed by atoms with van der Waals surface area (Å²) >= 11 is 0. The second-order valence-corrected chi connectivity index (χ2v) is 7.15. The Labute approximate surface area is 159 Å². The quantitative estimate of drug-likeness (QED) is 0.895. The fourth-order valence-electron chi connectivity index (χ4n) is 3.39. The van der Waals surface area contributed by atoms with Gasteiger partial charge in [0.05, 0.1) is 24.0 Å². The van der Waals surface area contributed by atoms with Gasteiger partial charge in [0, 0.05) is 38.1 Å². The number of hydrogen-bond donors (Lipinski definition) is 1. The minimum absolute atomic E-state index is 0.0581. The zero-order valence-corrected chi connectivity index (χ0v) is 16.2. The topological polar surface area (TPSA) is 92.4 Å². The summed E-state index contributed by atoms with van der Waals surface area (Å²) in [6.07, 6.45) is 0.377. The first-order valence-corrected chi connectivity index (χ1v) is 9.01. The number of nitrogen functional groups attached to an aromatic ring is 1. The van der Waals surface area contributed by atoms with E-state index in [1.165, 1.54) is 4.90 Å². The van der Waals surface area contributed by atoms with Gasteiger partial charge in [-0.3, -0.25) is 9.59 Å². The van der Waals surface area contributed by atoms with Crippen molar-refractivity contribution in [3.05, 3.63) is 41.1 Å². The lowest BCUT2D eigenvalue weighted by molar-refractivity contribution is -0.137. The molecule has 0 radical (unpaired) electrons. The predicted molar refractivity (Wildman–Crippen MR) is 104 cm³/mol. The molecule has 0 aliphatic carbocycles. The van der Waals surface area contributed by atoms with Crippen LogP contribution in [0, 0.1) is 6.92 Å². The third-order valence-electron chi connectivity index (χ3n) is 4.91. The third kappa shape index (κ3) is 3.77. The molecule has 1 aliphatic heterocycles. The van der Waals surface area contributed by atoms with Crippen LogP contribution in [0.5, 0.6) is 0 Å². The van der Waals surface area contributed by atoms with E-state index in [1.54, 1.807) is 19.0 Å². The summed E-state index contributed by atoms with van der Waals surface area (Å²) in [5.74, 6) is 0.0795. The van der Waals surface area contributed by atoms with Gasteiger partial charge in [0.25, 0.3) is 0 Å². The van der Waals surface area contributed by atoms with Crippen LogP contribution in [0.3, 0.4) is 0 Å². The van der Waals surface area contributed by atoms with Crippen molar-refractivity contribution in [3.8, 4) is 11.3 Å². The number of nitrogens with two attached hydrogens (primary N) is 1. The van der Waals surface area contributed by atoms with E-state index in [-0.39, 0.29) is 36.6 Å². The van der Waals surface area contributed by atoms with Crippen molar-refractivity contribution in [1.29, 1.82) is 0 Å². The van der Waals surface area contributed by atoms with Gasteiger partial charge in [-0.25, -0.2) is 9.97 Å². The van der Waals surface area contributed by atoms with E-state index in [2.05, 4.69) is 9.97 Å². The van der Waals surface area contributed by atoms with Gasteiger partial charge in [0.2, 0.25) is 17.8 Å². The lowest BCUT2D eigenvalue weighted by Crippen LogP contribution is -2.30. The summed E-state index contributed by atoms with van der Waals surface area (Å²) in [7, 11) is 3.38. The van der Waals surface area contributed by atoms with Crippen molar-refractivity contribution in [2.45, 2.75) is 39.3 Å². The van der Waals surface area contributed by atoms with Crippen LogP contribution in [0.2, 0.25) is 0 Å². The second-order valence-electron chi connectivity index (χ2n) is 7.15. The Bertz CT molecular complexity index is 894. The summed E-state index contributed by atoms with van der Waals surface area (Å²) in [6.45, 7) is 4.38. The number of rotatable bonds is 4. The lowest BCUT2D eigenvalue weighted by Gasteiger charge is -2.21. The fourth-order valence-corrected chi connectivity index (χ4v) is 3.39. The van der Waals surface area contributed by atoms with E-state index in [0.29, 0.717) is 6.54 Å². The van der Waals surface area contributed by atoms with Gasteiger partial charge in [-0.05, 0) is 19.9 Å². The van der Waals surface area contributed by atoms with E-state index in [0.717, 1.165) is 28.1 Å². The minimum atomic E-state index is -0.198. The molecule has 0 saturated carbocycles. The molecule has 2 N–H and O–H groups in total. The SMILES string of the molecule is Cc1cccc(-c2nc(N)nc3c2CN(C(=O)CCC(=O)N(C)C)[C@H]3C)c1. The molecule has 0 unspecified atom stereocenters. The van der Waals surface area contributed by atoms with E-state index in [4.69, 9.17) is 5.73 Å².